The second-order valence-electron chi connectivity index (χ2n) is 9.34. The number of benzene rings is 1. The van der Waals surface area contributed by atoms with Crippen molar-refractivity contribution in [3.63, 3.8) is 0 Å². The molecule has 3 heterocycles. The minimum absolute atomic E-state index is 0. The van der Waals surface area contributed by atoms with Crippen molar-refractivity contribution in [3.05, 3.63) is 57.7 Å². The standard InChI is InChI=1S/C26H35Cl2N5O.H2/c1-3-26(9-11-31(12-10-26)19-20-5-7-22(27)8-6-20)33-15-13-32(14-16-33)24-23(28)17-21(18-30-24)25(34)29-4-2;/h5-8,17-18H,3-4,9-16,19H2,1-2H3,(H,29,34);1H. The molecule has 0 radical (unpaired) electrons. The molecule has 1 amide bonds. The first-order valence-corrected chi connectivity index (χ1v) is 13.1. The van der Waals surface area contributed by atoms with Gasteiger partial charge in [-0.2, -0.15) is 0 Å². The Morgan fingerprint density at radius 3 is 2.32 bits per heavy atom. The first-order valence-electron chi connectivity index (χ1n) is 12.3. The molecule has 186 valence electrons. The summed E-state index contributed by atoms with van der Waals surface area (Å²) < 4.78 is 0. The van der Waals surface area contributed by atoms with Crippen LogP contribution < -0.4 is 10.2 Å². The molecule has 1 N–H and O–H groups in total. The molecule has 2 aliphatic heterocycles. The SMILES string of the molecule is CCNC(=O)c1cnc(N2CCN(C3(CC)CCN(Cc4ccc(Cl)cc4)CC3)CC2)c(Cl)c1.[HH]. The Hall–Kier alpha value is -1.86. The lowest BCUT2D eigenvalue weighted by molar-refractivity contribution is 0.0116. The number of nitrogens with one attached hydrogen (secondary N) is 1. The normalized spacial score (nSPS) is 19.2. The lowest BCUT2D eigenvalue weighted by Crippen LogP contribution is -2.60. The monoisotopic (exact) mass is 505 g/mol. The van der Waals surface area contributed by atoms with E-state index in [0.717, 1.165) is 56.7 Å². The molecule has 2 aromatic rings. The van der Waals surface area contributed by atoms with Gasteiger partial charge in [0.05, 0.1) is 10.6 Å². The number of anilines is 1. The number of amides is 1. The second-order valence-corrected chi connectivity index (χ2v) is 10.2. The van der Waals surface area contributed by atoms with Crippen molar-refractivity contribution in [1.29, 1.82) is 0 Å². The molecule has 0 unspecified atom stereocenters. The summed E-state index contributed by atoms with van der Waals surface area (Å²) in [6, 6.07) is 9.94. The van der Waals surface area contributed by atoms with Crippen LogP contribution in [0.3, 0.4) is 0 Å². The zero-order valence-electron chi connectivity index (χ0n) is 20.2. The fourth-order valence-electron chi connectivity index (χ4n) is 5.31. The first-order chi connectivity index (χ1) is 16.4. The number of likely N-dealkylation sites (tertiary alicyclic amines) is 1. The van der Waals surface area contributed by atoms with E-state index >= 15 is 0 Å². The number of piperazine rings is 1. The number of halogens is 2. The van der Waals surface area contributed by atoms with E-state index in [4.69, 9.17) is 23.2 Å². The third-order valence-corrected chi connectivity index (χ3v) is 7.97. The highest BCUT2D eigenvalue weighted by Crippen LogP contribution is 2.35. The van der Waals surface area contributed by atoms with Crippen molar-refractivity contribution in [3.8, 4) is 0 Å². The van der Waals surface area contributed by atoms with Crippen LogP contribution in [0.5, 0.6) is 0 Å². The number of hydrogen-bond donors (Lipinski definition) is 1. The van der Waals surface area contributed by atoms with E-state index in [9.17, 15) is 4.79 Å². The highest BCUT2D eigenvalue weighted by atomic mass is 35.5. The van der Waals surface area contributed by atoms with E-state index in [1.54, 1.807) is 12.3 Å². The van der Waals surface area contributed by atoms with Gasteiger partial charge in [-0.25, -0.2) is 4.98 Å². The summed E-state index contributed by atoms with van der Waals surface area (Å²) in [4.78, 5) is 24.1. The summed E-state index contributed by atoms with van der Waals surface area (Å²) in [5, 5.41) is 4.13. The van der Waals surface area contributed by atoms with E-state index in [-0.39, 0.29) is 12.9 Å². The number of nitrogens with zero attached hydrogens (tertiary/aromatic N) is 4. The third kappa shape index (κ3) is 5.68. The van der Waals surface area contributed by atoms with E-state index in [1.807, 2.05) is 19.1 Å². The Labute approximate surface area is 214 Å². The largest absolute Gasteiger partial charge is 0.353 e. The van der Waals surface area contributed by atoms with Gasteiger partial charge in [0.2, 0.25) is 0 Å². The zero-order chi connectivity index (χ0) is 24.1. The quantitative estimate of drug-likeness (QED) is 0.576. The fraction of sp³-hybridized carbons (Fsp3) is 0.538. The third-order valence-electron chi connectivity index (χ3n) is 7.44. The van der Waals surface area contributed by atoms with Gasteiger partial charge < -0.3 is 10.2 Å². The minimum atomic E-state index is -0.138. The summed E-state index contributed by atoms with van der Waals surface area (Å²) in [7, 11) is 0. The molecule has 8 heteroatoms. The van der Waals surface area contributed by atoms with Gasteiger partial charge in [-0.1, -0.05) is 42.3 Å². The molecule has 34 heavy (non-hydrogen) atoms. The van der Waals surface area contributed by atoms with Crippen molar-refractivity contribution in [2.75, 3.05) is 50.7 Å². The Morgan fingerprint density at radius 2 is 1.74 bits per heavy atom. The van der Waals surface area contributed by atoms with Gasteiger partial charge in [0.25, 0.3) is 5.91 Å². The van der Waals surface area contributed by atoms with Gasteiger partial charge >= 0.3 is 0 Å². The lowest BCUT2D eigenvalue weighted by Gasteiger charge is -2.51. The number of carbonyl (C=O) groups excluding carboxylic acids is 1. The van der Waals surface area contributed by atoms with Crippen molar-refractivity contribution >= 4 is 34.9 Å². The highest BCUT2D eigenvalue weighted by molar-refractivity contribution is 6.33. The molecular formula is C26H37Cl2N5O. The van der Waals surface area contributed by atoms with Crippen molar-refractivity contribution in [1.82, 2.24) is 20.1 Å². The van der Waals surface area contributed by atoms with E-state index in [2.05, 4.69) is 44.1 Å². The summed E-state index contributed by atoms with van der Waals surface area (Å²) in [5.41, 5.74) is 2.09. The fourth-order valence-corrected chi connectivity index (χ4v) is 5.72. The molecule has 1 aromatic carbocycles. The summed E-state index contributed by atoms with van der Waals surface area (Å²) >= 11 is 12.6. The molecule has 0 saturated carbocycles. The predicted molar refractivity (Wildman–Crippen MR) is 142 cm³/mol. The number of aromatic nitrogens is 1. The maximum Gasteiger partial charge on any atom is 0.252 e. The van der Waals surface area contributed by atoms with Crippen LogP contribution in [0, 0.1) is 0 Å². The van der Waals surface area contributed by atoms with Gasteiger partial charge in [0.1, 0.15) is 5.82 Å². The Morgan fingerprint density at radius 1 is 1.06 bits per heavy atom. The smallest absolute Gasteiger partial charge is 0.252 e. The number of pyridine rings is 1. The van der Waals surface area contributed by atoms with Crippen LogP contribution in [0.15, 0.2) is 36.5 Å². The topological polar surface area (TPSA) is 51.7 Å². The Kier molecular flexibility index (Phi) is 8.35. The molecule has 0 bridgehead atoms. The average Bonchev–Trinajstić information content (AvgIpc) is 2.86. The molecule has 4 rings (SSSR count). The van der Waals surface area contributed by atoms with E-state index in [1.165, 1.54) is 24.8 Å². The van der Waals surface area contributed by atoms with Crippen LogP contribution >= 0.6 is 23.2 Å². The number of carbonyl (C=O) groups is 1. The zero-order valence-corrected chi connectivity index (χ0v) is 21.7. The minimum Gasteiger partial charge on any atom is -0.353 e. The Balaban J connectivity index is 0.00000342. The molecule has 6 nitrogen and oxygen atoms in total. The first kappa shape index (κ1) is 25.2. The molecule has 2 fully saturated rings. The van der Waals surface area contributed by atoms with Crippen LogP contribution in [-0.2, 0) is 6.54 Å². The average molecular weight is 507 g/mol. The van der Waals surface area contributed by atoms with E-state index < -0.39 is 0 Å². The van der Waals surface area contributed by atoms with Crippen LogP contribution in [-0.4, -0.2) is 72.0 Å². The van der Waals surface area contributed by atoms with Gasteiger partial charge in [0.15, 0.2) is 0 Å². The lowest BCUT2D eigenvalue weighted by atomic mass is 9.82. The van der Waals surface area contributed by atoms with Crippen molar-refractivity contribution < 1.29 is 6.22 Å². The summed E-state index contributed by atoms with van der Waals surface area (Å²) in [6.07, 6.45) is 5.18. The van der Waals surface area contributed by atoms with Crippen molar-refractivity contribution in [2.45, 2.75) is 45.2 Å². The number of hydrogen-bond acceptors (Lipinski definition) is 5. The maximum absolute atomic E-state index is 12.1. The number of piperidine rings is 1. The molecule has 2 saturated heterocycles. The van der Waals surface area contributed by atoms with E-state index in [0.29, 0.717) is 17.1 Å². The molecule has 1 aromatic heterocycles. The van der Waals surface area contributed by atoms with Gasteiger partial charge in [0, 0.05) is 70.5 Å². The molecular weight excluding hydrogens is 469 g/mol. The molecule has 0 aliphatic carbocycles. The molecule has 0 spiro atoms. The van der Waals surface area contributed by atoms with Crippen LogP contribution in [0.25, 0.3) is 0 Å². The van der Waals surface area contributed by atoms with Crippen LogP contribution in [0.1, 0.15) is 50.5 Å². The van der Waals surface area contributed by atoms with Gasteiger partial charge in [-0.05, 0) is 49.9 Å². The van der Waals surface area contributed by atoms with Gasteiger partial charge in [-0.3, -0.25) is 14.6 Å². The van der Waals surface area contributed by atoms with Crippen molar-refractivity contribution in [2.24, 2.45) is 0 Å². The second kappa shape index (κ2) is 11.3. The molecule has 0 atom stereocenters. The predicted octanol–water partition coefficient (Wildman–Crippen LogP) is 4.95. The van der Waals surface area contributed by atoms with Crippen LogP contribution in [0.4, 0.5) is 5.82 Å². The highest BCUT2D eigenvalue weighted by Gasteiger charge is 2.39. The Bertz CT molecular complexity index is 974. The maximum atomic E-state index is 12.1. The molecule has 2 aliphatic rings. The summed E-state index contributed by atoms with van der Waals surface area (Å²) in [5.74, 6) is 0.637. The number of rotatable bonds is 7. The summed E-state index contributed by atoms with van der Waals surface area (Å²) in [6.45, 7) is 11.8. The van der Waals surface area contributed by atoms with Crippen LogP contribution in [0.2, 0.25) is 10.0 Å². The van der Waals surface area contributed by atoms with Gasteiger partial charge in [-0.15, -0.1) is 0 Å².